The summed E-state index contributed by atoms with van der Waals surface area (Å²) in [6.45, 7) is 4.73. The van der Waals surface area contributed by atoms with Crippen LogP contribution in [0.25, 0.3) is 0 Å². The van der Waals surface area contributed by atoms with Gasteiger partial charge >= 0.3 is 0 Å². The SMILES string of the molecule is Cc1ccc(NC(=O)[C@@](C)(O)CS(=O)(=O)c2ccc(F)cc2)nc1C. The molecule has 0 saturated carbocycles. The largest absolute Gasteiger partial charge is 0.379 e. The zero-order chi connectivity index (χ0) is 18.8. The first-order valence-corrected chi connectivity index (χ1v) is 9.13. The van der Waals surface area contributed by atoms with Gasteiger partial charge in [0.25, 0.3) is 5.91 Å². The molecule has 1 aromatic heterocycles. The number of nitrogens with one attached hydrogen (secondary N) is 1. The maximum atomic E-state index is 12.9. The number of amides is 1. The highest BCUT2D eigenvalue weighted by Crippen LogP contribution is 2.19. The lowest BCUT2D eigenvalue weighted by Crippen LogP contribution is -2.46. The van der Waals surface area contributed by atoms with E-state index in [9.17, 15) is 22.7 Å². The van der Waals surface area contributed by atoms with Crippen molar-refractivity contribution in [1.82, 2.24) is 4.98 Å². The molecule has 1 amide bonds. The third-order valence-corrected chi connectivity index (χ3v) is 5.66. The highest BCUT2D eigenvalue weighted by Gasteiger charge is 2.37. The summed E-state index contributed by atoms with van der Waals surface area (Å²) in [4.78, 5) is 16.2. The molecule has 0 saturated heterocycles. The molecule has 0 aliphatic rings. The van der Waals surface area contributed by atoms with Gasteiger partial charge in [-0.2, -0.15) is 0 Å². The third-order valence-electron chi connectivity index (χ3n) is 3.72. The molecular formula is C17H19FN2O4S. The molecule has 0 unspecified atom stereocenters. The molecule has 0 bridgehead atoms. The monoisotopic (exact) mass is 366 g/mol. The number of pyridine rings is 1. The molecule has 25 heavy (non-hydrogen) atoms. The molecule has 134 valence electrons. The molecule has 0 fully saturated rings. The van der Waals surface area contributed by atoms with Gasteiger partial charge < -0.3 is 10.4 Å². The molecule has 0 aliphatic heterocycles. The zero-order valence-electron chi connectivity index (χ0n) is 14.1. The van der Waals surface area contributed by atoms with Crippen molar-refractivity contribution >= 4 is 21.6 Å². The highest BCUT2D eigenvalue weighted by atomic mass is 32.2. The van der Waals surface area contributed by atoms with E-state index in [1.54, 1.807) is 19.1 Å². The standard InChI is InChI=1S/C17H19FN2O4S/c1-11-4-9-15(19-12(11)2)20-16(21)17(3,22)10-25(23,24)14-7-5-13(18)6-8-14/h4-9,22H,10H2,1-3H3,(H,19,20,21)/t17-/m0/s1. The minimum atomic E-state index is -3.98. The number of hydrogen-bond donors (Lipinski definition) is 2. The van der Waals surface area contributed by atoms with Crippen molar-refractivity contribution in [3.63, 3.8) is 0 Å². The smallest absolute Gasteiger partial charge is 0.258 e. The Morgan fingerprint density at radius 2 is 1.80 bits per heavy atom. The number of benzene rings is 1. The maximum absolute atomic E-state index is 12.9. The van der Waals surface area contributed by atoms with Crippen LogP contribution in [0.1, 0.15) is 18.2 Å². The van der Waals surface area contributed by atoms with Crippen LogP contribution in [-0.2, 0) is 14.6 Å². The van der Waals surface area contributed by atoms with Gasteiger partial charge in [0.2, 0.25) is 0 Å². The van der Waals surface area contributed by atoms with Crippen molar-refractivity contribution in [1.29, 1.82) is 0 Å². The van der Waals surface area contributed by atoms with Gasteiger partial charge in [-0.3, -0.25) is 4.79 Å². The van der Waals surface area contributed by atoms with Crippen LogP contribution in [0.15, 0.2) is 41.3 Å². The number of anilines is 1. The Kier molecular flexibility index (Phi) is 5.24. The number of rotatable bonds is 5. The van der Waals surface area contributed by atoms with Gasteiger partial charge in [-0.15, -0.1) is 0 Å². The summed E-state index contributed by atoms with van der Waals surface area (Å²) in [6, 6.07) is 7.49. The number of carbonyl (C=O) groups excluding carboxylic acids is 1. The summed E-state index contributed by atoms with van der Waals surface area (Å²) in [7, 11) is -3.98. The summed E-state index contributed by atoms with van der Waals surface area (Å²) >= 11 is 0. The Hall–Kier alpha value is -2.32. The van der Waals surface area contributed by atoms with Gasteiger partial charge in [0.1, 0.15) is 11.6 Å². The lowest BCUT2D eigenvalue weighted by molar-refractivity contribution is -0.130. The van der Waals surface area contributed by atoms with Crippen molar-refractivity contribution in [3.05, 3.63) is 53.5 Å². The fourth-order valence-corrected chi connectivity index (χ4v) is 3.70. The Bertz CT molecular complexity index is 893. The molecule has 6 nitrogen and oxygen atoms in total. The highest BCUT2D eigenvalue weighted by molar-refractivity contribution is 7.91. The first-order chi connectivity index (χ1) is 11.5. The van der Waals surface area contributed by atoms with Crippen molar-refractivity contribution in [3.8, 4) is 0 Å². The Labute approximate surface area is 145 Å². The molecule has 0 spiro atoms. The number of hydrogen-bond acceptors (Lipinski definition) is 5. The second-order valence-electron chi connectivity index (χ2n) is 6.04. The number of sulfone groups is 1. The van der Waals surface area contributed by atoms with Crippen LogP contribution in [-0.4, -0.2) is 35.8 Å². The number of halogens is 1. The van der Waals surface area contributed by atoms with Gasteiger partial charge in [0.15, 0.2) is 15.4 Å². The summed E-state index contributed by atoms with van der Waals surface area (Å²) in [5.74, 6) is -2.10. The lowest BCUT2D eigenvalue weighted by atomic mass is 10.1. The van der Waals surface area contributed by atoms with E-state index in [2.05, 4.69) is 10.3 Å². The maximum Gasteiger partial charge on any atom is 0.258 e. The number of aryl methyl sites for hydroxylation is 2. The fourth-order valence-electron chi connectivity index (χ4n) is 2.11. The van der Waals surface area contributed by atoms with E-state index in [1.165, 1.54) is 0 Å². The Morgan fingerprint density at radius 3 is 2.36 bits per heavy atom. The molecule has 2 aromatic rings. The molecule has 0 aliphatic carbocycles. The van der Waals surface area contributed by atoms with Crippen LogP contribution in [0.4, 0.5) is 10.2 Å². The van der Waals surface area contributed by atoms with Crippen molar-refractivity contribution < 1.29 is 22.7 Å². The van der Waals surface area contributed by atoms with Gasteiger partial charge in [0, 0.05) is 5.69 Å². The molecule has 1 heterocycles. The minimum Gasteiger partial charge on any atom is -0.379 e. The van der Waals surface area contributed by atoms with Gasteiger partial charge in [-0.25, -0.2) is 17.8 Å². The molecule has 1 atom stereocenters. The van der Waals surface area contributed by atoms with E-state index in [4.69, 9.17) is 0 Å². The summed E-state index contributed by atoms with van der Waals surface area (Å²) < 4.78 is 37.6. The number of aromatic nitrogens is 1. The predicted molar refractivity (Wildman–Crippen MR) is 91.4 cm³/mol. The summed E-state index contributed by atoms with van der Waals surface area (Å²) in [5, 5.41) is 12.7. The van der Waals surface area contributed by atoms with Crippen LogP contribution in [0.3, 0.4) is 0 Å². The number of aliphatic hydroxyl groups is 1. The topological polar surface area (TPSA) is 96.4 Å². The van der Waals surface area contributed by atoms with Gasteiger partial charge in [-0.1, -0.05) is 6.07 Å². The van der Waals surface area contributed by atoms with Crippen molar-refractivity contribution in [2.45, 2.75) is 31.3 Å². The molecule has 2 N–H and O–H groups in total. The van der Waals surface area contributed by atoms with Crippen LogP contribution in [0, 0.1) is 19.7 Å². The van der Waals surface area contributed by atoms with Crippen LogP contribution in [0.2, 0.25) is 0 Å². The van der Waals surface area contributed by atoms with E-state index < -0.39 is 32.9 Å². The van der Waals surface area contributed by atoms with E-state index in [1.807, 2.05) is 6.92 Å². The first-order valence-electron chi connectivity index (χ1n) is 7.48. The number of carbonyl (C=O) groups is 1. The van der Waals surface area contributed by atoms with Crippen molar-refractivity contribution in [2.75, 3.05) is 11.1 Å². The summed E-state index contributed by atoms with van der Waals surface area (Å²) in [5.41, 5.74) is -0.548. The van der Waals surface area contributed by atoms with Gasteiger partial charge in [-0.05, 0) is 56.7 Å². The van der Waals surface area contributed by atoms with E-state index in [-0.39, 0.29) is 10.7 Å². The second-order valence-corrected chi connectivity index (χ2v) is 8.03. The Morgan fingerprint density at radius 1 is 1.20 bits per heavy atom. The number of nitrogens with zero attached hydrogens (tertiary/aromatic N) is 1. The molecule has 8 heteroatoms. The molecule has 2 rings (SSSR count). The molecular weight excluding hydrogens is 347 g/mol. The second kappa shape index (κ2) is 6.89. The lowest BCUT2D eigenvalue weighted by Gasteiger charge is -2.22. The predicted octanol–water partition coefficient (Wildman–Crippen LogP) is 2.00. The van der Waals surface area contributed by atoms with Crippen LogP contribution in [0.5, 0.6) is 0 Å². The van der Waals surface area contributed by atoms with E-state index in [0.717, 1.165) is 36.8 Å². The van der Waals surface area contributed by atoms with E-state index in [0.29, 0.717) is 5.69 Å². The van der Waals surface area contributed by atoms with Crippen molar-refractivity contribution in [2.24, 2.45) is 0 Å². The zero-order valence-corrected chi connectivity index (χ0v) is 14.9. The molecule has 1 aromatic carbocycles. The fraction of sp³-hybridized carbons (Fsp3) is 0.294. The Balaban J connectivity index is 2.17. The summed E-state index contributed by atoms with van der Waals surface area (Å²) in [6.07, 6.45) is 0. The van der Waals surface area contributed by atoms with Crippen LogP contribution >= 0.6 is 0 Å². The van der Waals surface area contributed by atoms with Gasteiger partial charge in [0.05, 0.1) is 10.6 Å². The quantitative estimate of drug-likeness (QED) is 0.789. The average Bonchev–Trinajstić information content (AvgIpc) is 2.50. The normalized spacial score (nSPS) is 14.0. The molecule has 0 radical (unpaired) electrons. The minimum absolute atomic E-state index is 0.175. The third kappa shape index (κ3) is 4.61. The average molecular weight is 366 g/mol. The van der Waals surface area contributed by atoms with E-state index >= 15 is 0 Å². The van der Waals surface area contributed by atoms with Crippen LogP contribution < -0.4 is 5.32 Å². The first kappa shape index (κ1) is 19.0.